The van der Waals surface area contributed by atoms with Crippen molar-refractivity contribution in [2.75, 3.05) is 0 Å². The Morgan fingerprint density at radius 2 is 1.81 bits per heavy atom. The number of rotatable bonds is 9. The third-order valence-corrected chi connectivity index (χ3v) is 4.59. The summed E-state index contributed by atoms with van der Waals surface area (Å²) in [5.74, 6) is 1.20. The standard InChI is InChI=1S/C23H34O3/c1-7-17(2)12-10-13-19(4)15-18(3)11-8-9-14-22(25)23(6)16-21(24)20(5)26-23/h8-14,16-18,22,24-25H,5,7,15H2,1-4,6H3/b11-8+,12-10+,14-9+,19-13+. The lowest BCUT2D eigenvalue weighted by Gasteiger charge is -2.25. The van der Waals surface area contributed by atoms with Gasteiger partial charge < -0.3 is 14.9 Å². The van der Waals surface area contributed by atoms with Gasteiger partial charge in [0.25, 0.3) is 0 Å². The van der Waals surface area contributed by atoms with Crippen LogP contribution in [0.25, 0.3) is 0 Å². The summed E-state index contributed by atoms with van der Waals surface area (Å²) in [5.41, 5.74) is 0.370. The van der Waals surface area contributed by atoms with Crippen LogP contribution >= 0.6 is 0 Å². The molecular formula is C23H34O3. The molecule has 0 aromatic carbocycles. The first-order valence-corrected chi connectivity index (χ1v) is 9.35. The van der Waals surface area contributed by atoms with Crippen LogP contribution in [-0.2, 0) is 4.74 Å². The van der Waals surface area contributed by atoms with Gasteiger partial charge in [-0.1, -0.05) is 81.9 Å². The molecule has 0 fully saturated rings. The predicted molar refractivity (Wildman–Crippen MR) is 110 cm³/mol. The van der Waals surface area contributed by atoms with Crippen molar-refractivity contribution in [1.82, 2.24) is 0 Å². The highest BCUT2D eigenvalue weighted by molar-refractivity contribution is 5.30. The van der Waals surface area contributed by atoms with E-state index in [-0.39, 0.29) is 11.5 Å². The number of hydrogen-bond acceptors (Lipinski definition) is 3. The topological polar surface area (TPSA) is 49.7 Å². The monoisotopic (exact) mass is 358 g/mol. The van der Waals surface area contributed by atoms with E-state index in [1.807, 2.05) is 12.2 Å². The average Bonchev–Trinajstić information content (AvgIpc) is 2.84. The van der Waals surface area contributed by atoms with E-state index >= 15 is 0 Å². The molecule has 0 bridgehead atoms. The molecular weight excluding hydrogens is 324 g/mol. The van der Waals surface area contributed by atoms with Crippen LogP contribution in [0.15, 0.2) is 72.3 Å². The summed E-state index contributed by atoms with van der Waals surface area (Å²) < 4.78 is 5.44. The highest BCUT2D eigenvalue weighted by atomic mass is 16.5. The zero-order valence-electron chi connectivity index (χ0n) is 16.8. The average molecular weight is 359 g/mol. The summed E-state index contributed by atoms with van der Waals surface area (Å²) >= 11 is 0. The fourth-order valence-corrected chi connectivity index (χ4v) is 2.65. The van der Waals surface area contributed by atoms with Crippen molar-refractivity contribution in [3.63, 3.8) is 0 Å². The molecule has 4 unspecified atom stereocenters. The molecule has 1 rings (SSSR count). The maximum Gasteiger partial charge on any atom is 0.158 e. The second-order valence-electron chi connectivity index (χ2n) is 7.42. The van der Waals surface area contributed by atoms with E-state index in [0.717, 1.165) is 12.8 Å². The Bertz CT molecular complexity index is 621. The number of allylic oxidation sites excluding steroid dienone is 7. The SMILES string of the molecule is C=C1OC(C)(C(O)/C=C/C=C/C(C)C/C(C)=C/C=C/C(C)CC)C=C1O. The molecule has 0 aromatic rings. The number of hydrogen-bond donors (Lipinski definition) is 2. The van der Waals surface area contributed by atoms with Crippen molar-refractivity contribution in [2.45, 2.75) is 59.2 Å². The van der Waals surface area contributed by atoms with E-state index in [2.05, 4.69) is 58.6 Å². The first-order valence-electron chi connectivity index (χ1n) is 9.35. The minimum absolute atomic E-state index is 0.0197. The van der Waals surface area contributed by atoms with E-state index in [0.29, 0.717) is 11.8 Å². The maximum atomic E-state index is 10.3. The second-order valence-corrected chi connectivity index (χ2v) is 7.42. The molecule has 2 N–H and O–H groups in total. The highest BCUT2D eigenvalue weighted by Crippen LogP contribution is 2.32. The smallest absolute Gasteiger partial charge is 0.158 e. The first kappa shape index (κ1) is 22.0. The Morgan fingerprint density at radius 1 is 1.19 bits per heavy atom. The lowest BCUT2D eigenvalue weighted by molar-refractivity contribution is -0.0116. The molecule has 0 radical (unpaired) electrons. The molecule has 0 aromatic heterocycles. The van der Waals surface area contributed by atoms with Gasteiger partial charge in [-0.3, -0.25) is 0 Å². The molecule has 0 amide bonds. The molecule has 3 nitrogen and oxygen atoms in total. The van der Waals surface area contributed by atoms with E-state index in [1.54, 1.807) is 13.0 Å². The van der Waals surface area contributed by atoms with Crippen LogP contribution in [0.2, 0.25) is 0 Å². The van der Waals surface area contributed by atoms with Gasteiger partial charge in [-0.05, 0) is 32.1 Å². The summed E-state index contributed by atoms with van der Waals surface area (Å²) in [6, 6.07) is 0. The first-order chi connectivity index (χ1) is 12.2. The van der Waals surface area contributed by atoms with Crippen LogP contribution < -0.4 is 0 Å². The van der Waals surface area contributed by atoms with Gasteiger partial charge in [-0.25, -0.2) is 0 Å². The molecule has 0 spiro atoms. The lowest BCUT2D eigenvalue weighted by Crippen LogP contribution is -2.36. The van der Waals surface area contributed by atoms with E-state index in [9.17, 15) is 10.2 Å². The van der Waals surface area contributed by atoms with E-state index in [1.165, 1.54) is 11.6 Å². The summed E-state index contributed by atoms with van der Waals surface area (Å²) in [4.78, 5) is 0. The van der Waals surface area contributed by atoms with Gasteiger partial charge in [0, 0.05) is 6.08 Å². The Kier molecular flexibility index (Phi) is 8.67. The third kappa shape index (κ3) is 7.09. The number of aliphatic hydroxyl groups excluding tert-OH is 2. The summed E-state index contributed by atoms with van der Waals surface area (Å²) in [5, 5.41) is 19.9. The van der Waals surface area contributed by atoms with E-state index in [4.69, 9.17) is 4.74 Å². The molecule has 4 atom stereocenters. The van der Waals surface area contributed by atoms with Gasteiger partial charge in [-0.15, -0.1) is 0 Å². The predicted octanol–water partition coefficient (Wildman–Crippen LogP) is 5.78. The molecule has 144 valence electrons. The Balaban J connectivity index is 2.50. The zero-order valence-corrected chi connectivity index (χ0v) is 16.8. The fourth-order valence-electron chi connectivity index (χ4n) is 2.65. The molecule has 0 saturated carbocycles. The van der Waals surface area contributed by atoms with Crippen molar-refractivity contribution in [3.8, 4) is 0 Å². The van der Waals surface area contributed by atoms with Crippen LogP contribution in [-0.4, -0.2) is 21.9 Å². The van der Waals surface area contributed by atoms with E-state index < -0.39 is 11.7 Å². The lowest BCUT2D eigenvalue weighted by atomic mass is 9.98. The van der Waals surface area contributed by atoms with Gasteiger partial charge in [0.2, 0.25) is 0 Å². The van der Waals surface area contributed by atoms with Crippen LogP contribution in [0.5, 0.6) is 0 Å². The maximum absolute atomic E-state index is 10.3. The molecule has 0 aliphatic carbocycles. The molecule has 1 aliphatic heterocycles. The summed E-state index contributed by atoms with van der Waals surface area (Å²) in [6.45, 7) is 14.0. The quantitative estimate of drug-likeness (QED) is 0.514. The Labute approximate surface area is 158 Å². The van der Waals surface area contributed by atoms with Crippen molar-refractivity contribution in [3.05, 3.63) is 72.3 Å². The minimum atomic E-state index is -0.974. The Hall–Kier alpha value is -2.00. The van der Waals surface area contributed by atoms with Gasteiger partial charge in [-0.2, -0.15) is 0 Å². The number of aliphatic hydroxyl groups is 2. The third-order valence-electron chi connectivity index (χ3n) is 4.59. The fraction of sp³-hybridized carbons (Fsp3) is 0.478. The normalized spacial score (nSPS) is 25.1. The number of ether oxygens (including phenoxy) is 1. The van der Waals surface area contributed by atoms with Crippen LogP contribution in [0.1, 0.15) is 47.5 Å². The van der Waals surface area contributed by atoms with Crippen LogP contribution in [0.4, 0.5) is 0 Å². The highest BCUT2D eigenvalue weighted by Gasteiger charge is 2.38. The van der Waals surface area contributed by atoms with Gasteiger partial charge in [0.15, 0.2) is 17.1 Å². The van der Waals surface area contributed by atoms with Crippen molar-refractivity contribution in [1.29, 1.82) is 0 Å². The van der Waals surface area contributed by atoms with Crippen molar-refractivity contribution in [2.24, 2.45) is 11.8 Å². The van der Waals surface area contributed by atoms with Crippen molar-refractivity contribution < 1.29 is 14.9 Å². The second kappa shape index (κ2) is 10.2. The largest absolute Gasteiger partial charge is 0.504 e. The van der Waals surface area contributed by atoms with Crippen LogP contribution in [0, 0.1) is 11.8 Å². The molecule has 1 heterocycles. The van der Waals surface area contributed by atoms with Gasteiger partial charge >= 0.3 is 0 Å². The van der Waals surface area contributed by atoms with Gasteiger partial charge in [0.1, 0.15) is 6.10 Å². The van der Waals surface area contributed by atoms with Crippen LogP contribution in [0.3, 0.4) is 0 Å². The molecule has 26 heavy (non-hydrogen) atoms. The zero-order chi connectivity index (χ0) is 19.7. The van der Waals surface area contributed by atoms with Crippen molar-refractivity contribution >= 4 is 0 Å². The Morgan fingerprint density at radius 3 is 2.38 bits per heavy atom. The molecule has 0 saturated heterocycles. The summed E-state index contributed by atoms with van der Waals surface area (Å²) in [7, 11) is 0. The summed E-state index contributed by atoms with van der Waals surface area (Å²) in [6.07, 6.45) is 16.9. The molecule has 3 heteroatoms. The van der Waals surface area contributed by atoms with Gasteiger partial charge in [0.05, 0.1) is 0 Å². The minimum Gasteiger partial charge on any atom is -0.504 e. The molecule has 1 aliphatic rings.